The minimum atomic E-state index is -0.813. The molecule has 0 N–H and O–H groups in total. The van der Waals surface area contributed by atoms with Gasteiger partial charge in [-0.3, -0.25) is 14.4 Å². The zero-order chi connectivity index (χ0) is 44.4. The number of carbonyl (C=O) groups is 3. The molecule has 0 heterocycles. The van der Waals surface area contributed by atoms with Crippen LogP contribution in [0.15, 0.2) is 97.2 Å². The summed E-state index contributed by atoms with van der Waals surface area (Å²) in [5.74, 6) is -1.00. The van der Waals surface area contributed by atoms with Crippen LogP contribution in [0.2, 0.25) is 0 Å². The Labute approximate surface area is 375 Å². The molecule has 346 valence electrons. The lowest BCUT2D eigenvalue weighted by molar-refractivity contribution is -0.167. The maximum Gasteiger partial charge on any atom is 0.306 e. The van der Waals surface area contributed by atoms with Gasteiger partial charge in [-0.1, -0.05) is 201 Å². The van der Waals surface area contributed by atoms with Crippen molar-refractivity contribution in [1.29, 1.82) is 0 Å². The highest BCUT2D eigenvalue weighted by Gasteiger charge is 2.19. The van der Waals surface area contributed by atoms with Gasteiger partial charge in [-0.05, 0) is 89.9 Å². The zero-order valence-electron chi connectivity index (χ0n) is 39.4. The largest absolute Gasteiger partial charge is 0.462 e. The first-order chi connectivity index (χ1) is 30.0. The van der Waals surface area contributed by atoms with Crippen LogP contribution in [0.3, 0.4) is 0 Å². The van der Waals surface area contributed by atoms with E-state index in [1.807, 2.05) is 0 Å². The summed E-state index contributed by atoms with van der Waals surface area (Å²) in [4.78, 5) is 37.9. The third-order valence-corrected chi connectivity index (χ3v) is 10.1. The molecule has 6 heteroatoms. The normalized spacial score (nSPS) is 12.9. The fourth-order valence-corrected chi connectivity index (χ4v) is 6.43. The molecule has 1 unspecified atom stereocenters. The van der Waals surface area contributed by atoms with E-state index < -0.39 is 6.10 Å². The second-order valence-electron chi connectivity index (χ2n) is 16.0. The molecule has 0 saturated heterocycles. The summed E-state index contributed by atoms with van der Waals surface area (Å²) in [6, 6.07) is 0. The van der Waals surface area contributed by atoms with Crippen LogP contribution in [0.4, 0.5) is 0 Å². The van der Waals surface area contributed by atoms with Crippen molar-refractivity contribution in [2.45, 2.75) is 219 Å². The van der Waals surface area contributed by atoms with E-state index in [0.717, 1.165) is 103 Å². The molecule has 0 radical (unpaired) electrons. The molecule has 1 atom stereocenters. The van der Waals surface area contributed by atoms with E-state index in [4.69, 9.17) is 14.2 Å². The second-order valence-corrected chi connectivity index (χ2v) is 16.0. The van der Waals surface area contributed by atoms with E-state index in [-0.39, 0.29) is 44.0 Å². The van der Waals surface area contributed by atoms with Gasteiger partial charge in [-0.25, -0.2) is 0 Å². The van der Waals surface area contributed by atoms with Crippen LogP contribution in [0.25, 0.3) is 0 Å². The van der Waals surface area contributed by atoms with Crippen LogP contribution in [0.5, 0.6) is 0 Å². The molecule has 0 aliphatic heterocycles. The molecule has 0 rings (SSSR count). The van der Waals surface area contributed by atoms with Gasteiger partial charge >= 0.3 is 17.9 Å². The summed E-state index contributed by atoms with van der Waals surface area (Å²) in [5.41, 5.74) is 0. The van der Waals surface area contributed by atoms with Crippen LogP contribution >= 0.6 is 0 Å². The predicted molar refractivity (Wildman–Crippen MR) is 260 cm³/mol. The number of rotatable bonds is 43. The van der Waals surface area contributed by atoms with Gasteiger partial charge in [0.15, 0.2) is 6.10 Å². The molecule has 0 aromatic rings. The van der Waals surface area contributed by atoms with Gasteiger partial charge < -0.3 is 14.2 Å². The van der Waals surface area contributed by atoms with Crippen LogP contribution in [0, 0.1) is 0 Å². The molecular formula is C55H90O6. The van der Waals surface area contributed by atoms with Crippen LogP contribution in [-0.4, -0.2) is 37.2 Å². The van der Waals surface area contributed by atoms with Crippen LogP contribution < -0.4 is 0 Å². The number of unbranched alkanes of at least 4 members (excludes halogenated alkanes) is 16. The number of ether oxygens (including phenoxy) is 3. The first-order valence-corrected chi connectivity index (χ1v) is 24.7. The Morgan fingerprint density at radius 1 is 0.344 bits per heavy atom. The molecular weight excluding hydrogens is 757 g/mol. The highest BCUT2D eigenvalue weighted by molar-refractivity contribution is 5.71. The van der Waals surface area contributed by atoms with Crippen molar-refractivity contribution in [2.24, 2.45) is 0 Å². The molecule has 0 aliphatic carbocycles. The lowest BCUT2D eigenvalue weighted by atomic mass is 10.0. The number of hydrogen-bond donors (Lipinski definition) is 0. The SMILES string of the molecule is CC/C=C\C/C=C\C/C=C\C/C=C\C/C=C\CCCC(=O)OCC(COC(=O)CCCCCCCCCCCCCCC)OC(=O)CCCCC/C=C\C/C=C\C/C=C\CC. The van der Waals surface area contributed by atoms with E-state index in [1.165, 1.54) is 64.2 Å². The maximum atomic E-state index is 12.7. The monoisotopic (exact) mass is 847 g/mol. The van der Waals surface area contributed by atoms with Crippen molar-refractivity contribution in [3.05, 3.63) is 97.2 Å². The van der Waals surface area contributed by atoms with Crippen molar-refractivity contribution >= 4 is 17.9 Å². The van der Waals surface area contributed by atoms with Gasteiger partial charge in [0.05, 0.1) is 0 Å². The zero-order valence-corrected chi connectivity index (χ0v) is 39.4. The summed E-state index contributed by atoms with van der Waals surface area (Å²) in [7, 11) is 0. The molecule has 0 aromatic carbocycles. The van der Waals surface area contributed by atoms with E-state index in [2.05, 4.69) is 118 Å². The number of hydrogen-bond acceptors (Lipinski definition) is 6. The molecule has 6 nitrogen and oxygen atoms in total. The smallest absolute Gasteiger partial charge is 0.306 e. The Hall–Kier alpha value is -3.67. The first kappa shape index (κ1) is 57.3. The topological polar surface area (TPSA) is 78.9 Å². The molecule has 0 bridgehead atoms. The quantitative estimate of drug-likeness (QED) is 0.0263. The van der Waals surface area contributed by atoms with Crippen molar-refractivity contribution in [3.63, 3.8) is 0 Å². The minimum Gasteiger partial charge on any atom is -0.462 e. The molecule has 0 fully saturated rings. The molecule has 0 spiro atoms. The fourth-order valence-electron chi connectivity index (χ4n) is 6.43. The number of allylic oxidation sites excluding steroid dienone is 16. The summed E-state index contributed by atoms with van der Waals surface area (Å²) < 4.78 is 16.7. The standard InChI is InChI=1S/C55H90O6/c1-4-7-10-13-16-19-22-25-26-27-28-31-33-36-39-42-45-48-54(57)60-51-52(61-55(58)49-46-43-40-37-34-30-24-21-18-15-12-9-6-3)50-59-53(56)47-44-41-38-35-32-29-23-20-17-14-11-8-5-2/h7,9-10,12,16,18-19,21,25-26,28,30-31,34,36,39,52H,4-6,8,11,13-15,17,20,22-24,27,29,32-33,35,37-38,40-51H2,1-3H3/b10-7-,12-9-,19-16-,21-18-,26-25-,31-28-,34-30-,39-36-. The van der Waals surface area contributed by atoms with E-state index in [0.29, 0.717) is 12.8 Å². The van der Waals surface area contributed by atoms with Crippen molar-refractivity contribution in [3.8, 4) is 0 Å². The Balaban J connectivity index is 4.52. The minimum absolute atomic E-state index is 0.107. The summed E-state index contributed by atoms with van der Waals surface area (Å²) in [5, 5.41) is 0. The molecule has 0 amide bonds. The third kappa shape index (κ3) is 47.2. The average molecular weight is 847 g/mol. The fraction of sp³-hybridized carbons (Fsp3) is 0.655. The lowest BCUT2D eigenvalue weighted by Gasteiger charge is -2.18. The van der Waals surface area contributed by atoms with Crippen molar-refractivity contribution < 1.29 is 28.6 Å². The second kappa shape index (κ2) is 49.0. The maximum absolute atomic E-state index is 12.7. The Bertz CT molecular complexity index is 1250. The van der Waals surface area contributed by atoms with Crippen LogP contribution in [0.1, 0.15) is 213 Å². The van der Waals surface area contributed by atoms with E-state index in [9.17, 15) is 14.4 Å². The molecule has 61 heavy (non-hydrogen) atoms. The van der Waals surface area contributed by atoms with E-state index >= 15 is 0 Å². The lowest BCUT2D eigenvalue weighted by Crippen LogP contribution is -2.30. The Morgan fingerprint density at radius 3 is 1.07 bits per heavy atom. The summed E-state index contributed by atoms with van der Waals surface area (Å²) in [6.45, 7) is 6.32. The van der Waals surface area contributed by atoms with Crippen molar-refractivity contribution in [2.75, 3.05) is 13.2 Å². The average Bonchev–Trinajstić information content (AvgIpc) is 3.26. The highest BCUT2D eigenvalue weighted by Crippen LogP contribution is 2.14. The summed E-state index contributed by atoms with van der Waals surface area (Å²) >= 11 is 0. The molecule has 0 aromatic heterocycles. The molecule has 0 aliphatic rings. The number of esters is 3. The Kier molecular flexibility index (Phi) is 46.0. The van der Waals surface area contributed by atoms with Crippen molar-refractivity contribution in [1.82, 2.24) is 0 Å². The highest BCUT2D eigenvalue weighted by atomic mass is 16.6. The van der Waals surface area contributed by atoms with Gasteiger partial charge in [0.25, 0.3) is 0 Å². The van der Waals surface area contributed by atoms with Gasteiger partial charge in [-0.15, -0.1) is 0 Å². The van der Waals surface area contributed by atoms with E-state index in [1.54, 1.807) is 0 Å². The third-order valence-electron chi connectivity index (χ3n) is 10.1. The Morgan fingerprint density at radius 2 is 0.656 bits per heavy atom. The number of carbonyl (C=O) groups excluding carboxylic acids is 3. The van der Waals surface area contributed by atoms with Gasteiger partial charge in [0.1, 0.15) is 13.2 Å². The molecule has 0 saturated carbocycles. The summed E-state index contributed by atoms with van der Waals surface area (Å²) in [6.07, 6.45) is 64.0. The van der Waals surface area contributed by atoms with Gasteiger partial charge in [-0.2, -0.15) is 0 Å². The predicted octanol–water partition coefficient (Wildman–Crippen LogP) is 16.2. The van der Waals surface area contributed by atoms with Gasteiger partial charge in [0, 0.05) is 19.3 Å². The van der Waals surface area contributed by atoms with Gasteiger partial charge in [0.2, 0.25) is 0 Å². The van der Waals surface area contributed by atoms with Crippen LogP contribution in [-0.2, 0) is 28.6 Å². The first-order valence-electron chi connectivity index (χ1n) is 24.7.